The molecule has 1 aromatic heterocycles. The highest BCUT2D eigenvalue weighted by molar-refractivity contribution is 14.1. The third-order valence-corrected chi connectivity index (χ3v) is 3.84. The van der Waals surface area contributed by atoms with Gasteiger partial charge in [0, 0.05) is 31.0 Å². The van der Waals surface area contributed by atoms with E-state index in [9.17, 15) is 0 Å². The van der Waals surface area contributed by atoms with E-state index in [1.54, 1.807) is 19.3 Å². The van der Waals surface area contributed by atoms with Gasteiger partial charge in [0.2, 0.25) is 5.90 Å². The van der Waals surface area contributed by atoms with Crippen molar-refractivity contribution in [2.45, 2.75) is 0 Å². The normalized spacial score (nSPS) is 11.5. The first-order valence-corrected chi connectivity index (χ1v) is 9.24. The van der Waals surface area contributed by atoms with Crippen LogP contribution in [0.3, 0.4) is 0 Å². The van der Waals surface area contributed by atoms with Gasteiger partial charge in [-0.15, -0.1) is 0 Å². The molecule has 2 aromatic carbocycles. The molecule has 0 aliphatic rings. The fraction of sp³-hybridized carbons (Fsp3) is 0.0476. The van der Waals surface area contributed by atoms with Crippen LogP contribution in [0.5, 0.6) is 17.2 Å². The lowest BCUT2D eigenvalue weighted by atomic mass is 10.1. The molecular formula is C21H17IN2O2. The number of halogens is 1. The summed E-state index contributed by atoms with van der Waals surface area (Å²) in [5.41, 5.74) is 1.91. The summed E-state index contributed by atoms with van der Waals surface area (Å²) in [6.07, 6.45) is 3.57. The van der Waals surface area contributed by atoms with Crippen molar-refractivity contribution in [3.05, 3.63) is 83.1 Å². The van der Waals surface area contributed by atoms with Crippen LogP contribution in [-0.4, -0.2) is 17.9 Å². The van der Waals surface area contributed by atoms with E-state index in [1.165, 1.54) is 0 Å². The van der Waals surface area contributed by atoms with E-state index >= 15 is 0 Å². The maximum atomic E-state index is 5.99. The van der Waals surface area contributed by atoms with Crippen LogP contribution in [0.1, 0.15) is 0 Å². The fourth-order valence-electron chi connectivity index (χ4n) is 2.32. The predicted octanol–water partition coefficient (Wildman–Crippen LogP) is 5.90. The zero-order valence-corrected chi connectivity index (χ0v) is 16.3. The first-order valence-electron chi connectivity index (χ1n) is 7.99. The molecular weight excluding hydrogens is 439 g/mol. The van der Waals surface area contributed by atoms with Crippen LogP contribution in [0.4, 0.5) is 0 Å². The third-order valence-electron chi connectivity index (χ3n) is 3.48. The van der Waals surface area contributed by atoms with Crippen molar-refractivity contribution >= 4 is 28.5 Å². The maximum Gasteiger partial charge on any atom is 0.214 e. The number of aliphatic imine (C=N–C) groups is 1. The van der Waals surface area contributed by atoms with Crippen molar-refractivity contribution in [3.8, 4) is 28.5 Å². The second-order valence-corrected chi connectivity index (χ2v) is 6.00. The molecule has 0 saturated heterocycles. The Kier molecular flexibility index (Phi) is 6.38. The van der Waals surface area contributed by atoms with Crippen molar-refractivity contribution in [3.63, 3.8) is 0 Å². The van der Waals surface area contributed by atoms with Gasteiger partial charge in [0.05, 0.1) is 5.69 Å². The van der Waals surface area contributed by atoms with Crippen LogP contribution >= 0.6 is 22.6 Å². The lowest BCUT2D eigenvalue weighted by Crippen LogP contribution is -2.04. The molecule has 0 N–H and O–H groups in total. The summed E-state index contributed by atoms with van der Waals surface area (Å²) in [5, 5.41) is 0. The van der Waals surface area contributed by atoms with Gasteiger partial charge in [-0.3, -0.25) is 9.98 Å². The Hall–Kier alpha value is -2.67. The van der Waals surface area contributed by atoms with Gasteiger partial charge in [-0.1, -0.05) is 46.9 Å². The number of rotatable bonds is 5. The summed E-state index contributed by atoms with van der Waals surface area (Å²) in [7, 11) is 1.69. The van der Waals surface area contributed by atoms with E-state index in [0.29, 0.717) is 17.4 Å². The van der Waals surface area contributed by atoms with Crippen LogP contribution in [-0.2, 0) is 0 Å². The average Bonchev–Trinajstić information content (AvgIpc) is 2.69. The molecule has 1 heterocycles. The van der Waals surface area contributed by atoms with Crippen molar-refractivity contribution in [2.75, 3.05) is 7.05 Å². The Balaban J connectivity index is 1.78. The molecule has 0 bridgehead atoms. The van der Waals surface area contributed by atoms with Gasteiger partial charge in [0.1, 0.15) is 17.2 Å². The topological polar surface area (TPSA) is 43.7 Å². The molecule has 0 aliphatic carbocycles. The third kappa shape index (κ3) is 4.92. The first kappa shape index (κ1) is 18.1. The van der Waals surface area contributed by atoms with Gasteiger partial charge in [0.25, 0.3) is 0 Å². The second-order valence-electron chi connectivity index (χ2n) is 5.28. The largest absolute Gasteiger partial charge is 0.457 e. The molecule has 0 fully saturated rings. The number of ether oxygens (including phenoxy) is 2. The summed E-state index contributed by atoms with van der Waals surface area (Å²) in [4.78, 5) is 8.46. The number of nitrogens with zero attached hydrogens (tertiary/aromatic N) is 2. The molecule has 130 valence electrons. The van der Waals surface area contributed by atoms with E-state index in [2.05, 4.69) is 32.6 Å². The lowest BCUT2D eigenvalue weighted by molar-refractivity contribution is 0.476. The van der Waals surface area contributed by atoms with Crippen LogP contribution in [0.25, 0.3) is 11.3 Å². The zero-order valence-electron chi connectivity index (χ0n) is 14.2. The van der Waals surface area contributed by atoms with Crippen molar-refractivity contribution in [1.29, 1.82) is 0 Å². The molecule has 3 rings (SSSR count). The second kappa shape index (κ2) is 9.15. The van der Waals surface area contributed by atoms with E-state index in [0.717, 1.165) is 17.0 Å². The quantitative estimate of drug-likeness (QED) is 0.273. The highest BCUT2D eigenvalue weighted by Gasteiger charge is 2.04. The monoisotopic (exact) mass is 456 g/mol. The minimum Gasteiger partial charge on any atom is -0.457 e. The molecule has 0 spiro atoms. The first-order chi connectivity index (χ1) is 12.8. The van der Waals surface area contributed by atoms with Crippen LogP contribution in [0.2, 0.25) is 0 Å². The van der Waals surface area contributed by atoms with Gasteiger partial charge in [0.15, 0.2) is 0 Å². The van der Waals surface area contributed by atoms with E-state index < -0.39 is 0 Å². The maximum absolute atomic E-state index is 5.99. The Labute approximate surface area is 166 Å². The average molecular weight is 456 g/mol. The number of pyridine rings is 1. The molecule has 0 atom stereocenters. The summed E-state index contributed by atoms with van der Waals surface area (Å²) in [5.74, 6) is 2.63. The number of hydrogen-bond acceptors (Lipinski definition) is 4. The van der Waals surface area contributed by atoms with Crippen molar-refractivity contribution in [1.82, 2.24) is 4.98 Å². The molecule has 26 heavy (non-hydrogen) atoms. The molecule has 0 aliphatic heterocycles. The fourth-order valence-corrected chi connectivity index (χ4v) is 2.63. The Bertz CT molecular complexity index is 924. The van der Waals surface area contributed by atoms with Gasteiger partial charge < -0.3 is 9.47 Å². The molecule has 0 unspecified atom stereocenters. The predicted molar refractivity (Wildman–Crippen MR) is 113 cm³/mol. The molecule has 4 nitrogen and oxygen atoms in total. The smallest absolute Gasteiger partial charge is 0.214 e. The van der Waals surface area contributed by atoms with Crippen molar-refractivity contribution < 1.29 is 9.47 Å². The summed E-state index contributed by atoms with van der Waals surface area (Å²) >= 11 is 2.13. The van der Waals surface area contributed by atoms with E-state index in [-0.39, 0.29) is 0 Å². The minimum absolute atomic E-state index is 0.536. The zero-order chi connectivity index (χ0) is 18.2. The van der Waals surface area contributed by atoms with Gasteiger partial charge >= 0.3 is 0 Å². The molecule has 3 aromatic rings. The molecule has 0 radical (unpaired) electrons. The van der Waals surface area contributed by atoms with Crippen molar-refractivity contribution in [2.24, 2.45) is 4.99 Å². The van der Waals surface area contributed by atoms with E-state index in [4.69, 9.17) is 9.47 Å². The van der Waals surface area contributed by atoms with Gasteiger partial charge in [-0.25, -0.2) is 0 Å². The summed E-state index contributed by atoms with van der Waals surface area (Å²) < 4.78 is 13.6. The summed E-state index contributed by atoms with van der Waals surface area (Å²) in [6, 6.07) is 21.1. The Morgan fingerprint density at radius 2 is 1.73 bits per heavy atom. The standard InChI is InChI=1S/C21H17IN2O2/c1-23-21(11-12-22)26-19-9-5-8-18(15-19)25-17-7-4-6-16(14-17)20-10-2-3-13-24-20/h2-15H,1H3/b12-11-,23-21+. The highest BCUT2D eigenvalue weighted by Crippen LogP contribution is 2.28. The number of hydrogen-bond donors (Lipinski definition) is 0. The van der Waals surface area contributed by atoms with Gasteiger partial charge in [-0.05, 0) is 40.5 Å². The SMILES string of the molecule is C/N=C(\C=C/I)Oc1cccc(Oc2cccc(-c3ccccn3)c2)c1. The van der Waals surface area contributed by atoms with Crippen LogP contribution in [0.15, 0.2) is 88.1 Å². The van der Waals surface area contributed by atoms with Crippen LogP contribution < -0.4 is 9.47 Å². The number of aromatic nitrogens is 1. The molecule has 0 saturated carbocycles. The molecule has 0 amide bonds. The Morgan fingerprint density at radius 1 is 0.962 bits per heavy atom. The lowest BCUT2D eigenvalue weighted by Gasteiger charge is -2.10. The highest BCUT2D eigenvalue weighted by atomic mass is 127. The van der Waals surface area contributed by atoms with Gasteiger partial charge in [-0.2, -0.15) is 0 Å². The summed E-state index contributed by atoms with van der Waals surface area (Å²) in [6.45, 7) is 0. The van der Waals surface area contributed by atoms with Crippen LogP contribution in [0, 0.1) is 0 Å². The number of benzene rings is 2. The van der Waals surface area contributed by atoms with E-state index in [1.807, 2.05) is 70.8 Å². The minimum atomic E-state index is 0.536. The Morgan fingerprint density at radius 3 is 2.46 bits per heavy atom. The molecule has 5 heteroatoms.